The Morgan fingerprint density at radius 2 is 2.00 bits per heavy atom. The lowest BCUT2D eigenvalue weighted by Crippen LogP contribution is -2.41. The molecule has 1 saturated heterocycles. The number of likely N-dealkylation sites (N-methyl/N-ethyl adjacent to an activating group) is 2. The Labute approximate surface area is 70.0 Å². The van der Waals surface area contributed by atoms with Gasteiger partial charge in [0.25, 0.3) is 0 Å². The molecule has 0 aromatic rings. The maximum Gasteiger partial charge on any atom is 0.0257 e. The van der Waals surface area contributed by atoms with E-state index < -0.39 is 0 Å². The third-order valence-electron chi connectivity index (χ3n) is 3.46. The summed E-state index contributed by atoms with van der Waals surface area (Å²) in [5, 5.41) is 3.37. The molecule has 0 radical (unpaired) electrons. The second-order valence-electron chi connectivity index (χ2n) is 4.28. The molecule has 11 heavy (non-hydrogen) atoms. The highest BCUT2D eigenvalue weighted by Gasteiger charge is 2.42. The van der Waals surface area contributed by atoms with Crippen molar-refractivity contribution in [2.75, 3.05) is 20.6 Å². The smallest absolute Gasteiger partial charge is 0.0257 e. The molecular formula is C9H20N2. The molecule has 2 nitrogen and oxygen atoms in total. The zero-order chi connectivity index (χ0) is 8.65. The van der Waals surface area contributed by atoms with Crippen molar-refractivity contribution in [1.29, 1.82) is 0 Å². The minimum atomic E-state index is 0.406. The molecule has 66 valence electrons. The fourth-order valence-corrected chi connectivity index (χ4v) is 2.00. The van der Waals surface area contributed by atoms with Crippen LogP contribution in [0.1, 0.15) is 20.8 Å². The molecule has 0 bridgehead atoms. The zero-order valence-corrected chi connectivity index (χ0v) is 8.31. The van der Waals surface area contributed by atoms with Gasteiger partial charge in [-0.1, -0.05) is 13.8 Å². The van der Waals surface area contributed by atoms with E-state index in [0.717, 1.165) is 0 Å². The lowest BCUT2D eigenvalue weighted by atomic mass is 9.82. The van der Waals surface area contributed by atoms with Gasteiger partial charge >= 0.3 is 0 Å². The van der Waals surface area contributed by atoms with Crippen LogP contribution in [-0.2, 0) is 0 Å². The van der Waals surface area contributed by atoms with Crippen LogP contribution in [0.4, 0.5) is 0 Å². The van der Waals surface area contributed by atoms with Crippen LogP contribution in [0.25, 0.3) is 0 Å². The first-order chi connectivity index (χ1) is 5.00. The molecular weight excluding hydrogens is 136 g/mol. The van der Waals surface area contributed by atoms with Crippen LogP contribution >= 0.6 is 0 Å². The predicted molar refractivity (Wildman–Crippen MR) is 48.7 cm³/mol. The minimum Gasteiger partial charge on any atom is -0.315 e. The van der Waals surface area contributed by atoms with Crippen molar-refractivity contribution >= 4 is 0 Å². The molecule has 1 heterocycles. The molecule has 0 spiro atoms. The van der Waals surface area contributed by atoms with E-state index >= 15 is 0 Å². The molecule has 1 aliphatic heterocycles. The summed E-state index contributed by atoms with van der Waals surface area (Å²) in [6, 6.07) is 1.32. The summed E-state index contributed by atoms with van der Waals surface area (Å²) in [6.45, 7) is 8.15. The largest absolute Gasteiger partial charge is 0.315 e. The molecule has 2 heteroatoms. The zero-order valence-electron chi connectivity index (χ0n) is 8.31. The van der Waals surface area contributed by atoms with Gasteiger partial charge in [0.15, 0.2) is 0 Å². The van der Waals surface area contributed by atoms with Crippen LogP contribution < -0.4 is 5.32 Å². The minimum absolute atomic E-state index is 0.406. The van der Waals surface area contributed by atoms with Gasteiger partial charge in [0.05, 0.1) is 0 Å². The second kappa shape index (κ2) is 2.76. The van der Waals surface area contributed by atoms with Crippen molar-refractivity contribution in [2.24, 2.45) is 5.41 Å². The summed E-state index contributed by atoms with van der Waals surface area (Å²) in [4.78, 5) is 2.42. The highest BCUT2D eigenvalue weighted by Crippen LogP contribution is 2.34. The van der Waals surface area contributed by atoms with Crippen LogP contribution in [-0.4, -0.2) is 37.6 Å². The highest BCUT2D eigenvalue weighted by atomic mass is 15.2. The molecule has 1 rings (SSSR count). The number of hydrogen-bond acceptors (Lipinski definition) is 2. The van der Waals surface area contributed by atoms with Crippen molar-refractivity contribution in [2.45, 2.75) is 32.9 Å². The highest BCUT2D eigenvalue weighted by molar-refractivity contribution is 4.99. The second-order valence-corrected chi connectivity index (χ2v) is 4.28. The van der Waals surface area contributed by atoms with Gasteiger partial charge in [0.1, 0.15) is 0 Å². The van der Waals surface area contributed by atoms with Gasteiger partial charge in [0.2, 0.25) is 0 Å². The van der Waals surface area contributed by atoms with Crippen LogP contribution in [0.2, 0.25) is 0 Å². The summed E-state index contributed by atoms with van der Waals surface area (Å²) in [6.07, 6.45) is 0. The van der Waals surface area contributed by atoms with Crippen molar-refractivity contribution < 1.29 is 0 Å². The van der Waals surface area contributed by atoms with Crippen molar-refractivity contribution in [3.63, 3.8) is 0 Å². The molecule has 0 aromatic carbocycles. The van der Waals surface area contributed by atoms with E-state index in [1.165, 1.54) is 6.54 Å². The van der Waals surface area contributed by atoms with E-state index in [1.54, 1.807) is 0 Å². The summed E-state index contributed by atoms with van der Waals surface area (Å²) >= 11 is 0. The quantitative estimate of drug-likeness (QED) is 0.607. The van der Waals surface area contributed by atoms with Crippen LogP contribution in [0, 0.1) is 5.41 Å². The Hall–Kier alpha value is -0.0800. The van der Waals surface area contributed by atoms with E-state index in [4.69, 9.17) is 0 Å². The Morgan fingerprint density at radius 3 is 2.18 bits per heavy atom. The van der Waals surface area contributed by atoms with Crippen LogP contribution in [0.5, 0.6) is 0 Å². The lowest BCUT2D eigenvalue weighted by molar-refractivity contribution is 0.217. The van der Waals surface area contributed by atoms with Crippen LogP contribution in [0.15, 0.2) is 0 Å². The van der Waals surface area contributed by atoms with E-state index in [0.29, 0.717) is 17.5 Å². The first-order valence-corrected chi connectivity index (χ1v) is 4.37. The van der Waals surface area contributed by atoms with E-state index in [9.17, 15) is 0 Å². The molecule has 1 fully saturated rings. The molecule has 0 aromatic heterocycles. The standard InChI is InChI=1S/C9H20N2/c1-7-9(2,3)8(10-4)6-11(7)5/h7-8,10H,6H2,1-5H3. The molecule has 2 unspecified atom stereocenters. The fraction of sp³-hybridized carbons (Fsp3) is 1.00. The average molecular weight is 156 g/mol. The van der Waals surface area contributed by atoms with Crippen molar-refractivity contribution in [3.05, 3.63) is 0 Å². The van der Waals surface area contributed by atoms with Gasteiger partial charge in [-0.25, -0.2) is 0 Å². The topological polar surface area (TPSA) is 15.3 Å². The Balaban J connectivity index is 2.74. The molecule has 2 atom stereocenters. The third-order valence-corrected chi connectivity index (χ3v) is 3.46. The number of nitrogens with zero attached hydrogens (tertiary/aromatic N) is 1. The summed E-state index contributed by atoms with van der Waals surface area (Å²) in [5.41, 5.74) is 0.406. The number of hydrogen-bond donors (Lipinski definition) is 1. The summed E-state index contributed by atoms with van der Waals surface area (Å²) < 4.78 is 0. The lowest BCUT2D eigenvalue weighted by Gasteiger charge is -2.30. The van der Waals surface area contributed by atoms with Gasteiger partial charge in [-0.2, -0.15) is 0 Å². The van der Waals surface area contributed by atoms with Gasteiger partial charge < -0.3 is 10.2 Å². The van der Waals surface area contributed by atoms with Gasteiger partial charge in [0, 0.05) is 18.6 Å². The number of rotatable bonds is 1. The van der Waals surface area contributed by atoms with E-state index in [1.807, 2.05) is 0 Å². The fourth-order valence-electron chi connectivity index (χ4n) is 2.00. The first kappa shape index (κ1) is 9.01. The Morgan fingerprint density at radius 1 is 1.45 bits per heavy atom. The number of likely N-dealkylation sites (tertiary alicyclic amines) is 1. The van der Waals surface area contributed by atoms with Crippen LogP contribution in [0.3, 0.4) is 0 Å². The third kappa shape index (κ3) is 1.30. The average Bonchev–Trinajstić information content (AvgIpc) is 2.13. The summed E-state index contributed by atoms with van der Waals surface area (Å²) in [5.74, 6) is 0. The van der Waals surface area contributed by atoms with Crippen molar-refractivity contribution in [1.82, 2.24) is 10.2 Å². The Bertz CT molecular complexity index is 142. The maximum absolute atomic E-state index is 3.37. The van der Waals surface area contributed by atoms with E-state index in [-0.39, 0.29) is 0 Å². The normalized spacial score (nSPS) is 37.9. The number of nitrogens with one attached hydrogen (secondary N) is 1. The molecule has 1 aliphatic rings. The van der Waals surface area contributed by atoms with Gasteiger partial charge in [-0.15, -0.1) is 0 Å². The maximum atomic E-state index is 3.37. The summed E-state index contributed by atoms with van der Waals surface area (Å²) in [7, 11) is 4.25. The van der Waals surface area contributed by atoms with E-state index in [2.05, 4.69) is 45.1 Å². The van der Waals surface area contributed by atoms with Gasteiger partial charge in [-0.05, 0) is 26.4 Å². The SMILES string of the molecule is CNC1CN(C)C(C)C1(C)C. The molecule has 0 amide bonds. The predicted octanol–water partition coefficient (Wildman–Crippen LogP) is 0.934. The molecule has 0 aliphatic carbocycles. The molecule has 1 N–H and O–H groups in total. The first-order valence-electron chi connectivity index (χ1n) is 4.37. The van der Waals surface area contributed by atoms with Gasteiger partial charge in [-0.3, -0.25) is 0 Å². The monoisotopic (exact) mass is 156 g/mol. The molecule has 0 saturated carbocycles. The Kier molecular flexibility index (Phi) is 2.26. The van der Waals surface area contributed by atoms with Crippen molar-refractivity contribution in [3.8, 4) is 0 Å².